The molecule has 28 heavy (non-hydrogen) atoms. The van der Waals surface area contributed by atoms with Gasteiger partial charge in [-0.05, 0) is 38.1 Å². The number of para-hydroxylation sites is 1. The van der Waals surface area contributed by atoms with Crippen LogP contribution in [0.4, 0.5) is 11.5 Å². The first kappa shape index (κ1) is 19.7. The number of nitrogens with one attached hydrogen (secondary N) is 2. The predicted octanol–water partition coefficient (Wildman–Crippen LogP) is 2.93. The van der Waals surface area contributed by atoms with Crippen LogP contribution >= 0.6 is 0 Å². The molecule has 3 aromatic rings. The normalized spacial score (nSPS) is 11.1. The van der Waals surface area contributed by atoms with E-state index in [1.807, 2.05) is 24.3 Å². The lowest BCUT2D eigenvalue weighted by atomic mass is 10.1. The molecule has 7 nitrogen and oxygen atoms in total. The first-order valence-electron chi connectivity index (χ1n) is 9.71. The van der Waals surface area contributed by atoms with E-state index in [1.54, 1.807) is 17.0 Å². The van der Waals surface area contributed by atoms with Crippen LogP contribution in [0, 0.1) is 10.1 Å². The van der Waals surface area contributed by atoms with Gasteiger partial charge in [-0.3, -0.25) is 10.1 Å². The van der Waals surface area contributed by atoms with Gasteiger partial charge >= 0.3 is 0 Å². The molecule has 1 aromatic heterocycles. The number of hydrogen-bond donors (Lipinski definition) is 2. The van der Waals surface area contributed by atoms with Crippen molar-refractivity contribution in [3.8, 4) is 11.4 Å². The van der Waals surface area contributed by atoms with Crippen LogP contribution in [0.1, 0.15) is 20.3 Å². The van der Waals surface area contributed by atoms with Gasteiger partial charge in [0, 0.05) is 36.0 Å². The lowest BCUT2D eigenvalue weighted by Crippen LogP contribution is -3.11. The minimum absolute atomic E-state index is 0.0572. The van der Waals surface area contributed by atoms with Crippen LogP contribution in [0.3, 0.4) is 0 Å². The Bertz CT molecular complexity index is 939. The van der Waals surface area contributed by atoms with Crippen molar-refractivity contribution < 1.29 is 9.82 Å². The summed E-state index contributed by atoms with van der Waals surface area (Å²) in [5.74, 6) is 1.36. The van der Waals surface area contributed by atoms with Gasteiger partial charge < -0.3 is 10.2 Å². The number of rotatable bonds is 9. The molecule has 0 saturated heterocycles. The van der Waals surface area contributed by atoms with Crippen LogP contribution in [0.2, 0.25) is 0 Å². The molecule has 146 valence electrons. The fraction of sp³-hybridized carbons (Fsp3) is 0.333. The van der Waals surface area contributed by atoms with Gasteiger partial charge in [0.2, 0.25) is 0 Å². The van der Waals surface area contributed by atoms with Crippen molar-refractivity contribution in [3.63, 3.8) is 0 Å². The van der Waals surface area contributed by atoms with Crippen molar-refractivity contribution in [1.29, 1.82) is 0 Å². The molecule has 7 heteroatoms. The summed E-state index contributed by atoms with van der Waals surface area (Å²) in [6, 6.07) is 14.2. The van der Waals surface area contributed by atoms with E-state index < -0.39 is 4.92 Å². The highest BCUT2D eigenvalue weighted by atomic mass is 16.6. The number of nitro groups is 1. The molecule has 0 fully saturated rings. The molecule has 0 amide bonds. The molecule has 2 aromatic carbocycles. The molecule has 0 unspecified atom stereocenters. The number of fused-ring (bicyclic) bond motifs is 1. The molecule has 3 rings (SSSR count). The van der Waals surface area contributed by atoms with Crippen LogP contribution in [0.5, 0.6) is 0 Å². The van der Waals surface area contributed by atoms with E-state index in [2.05, 4.69) is 24.1 Å². The van der Waals surface area contributed by atoms with E-state index >= 15 is 0 Å². The zero-order valence-electron chi connectivity index (χ0n) is 16.3. The van der Waals surface area contributed by atoms with Gasteiger partial charge in [-0.2, -0.15) is 0 Å². The van der Waals surface area contributed by atoms with Gasteiger partial charge in [0.05, 0.1) is 30.1 Å². The van der Waals surface area contributed by atoms with Gasteiger partial charge in [0.15, 0.2) is 5.82 Å². The lowest BCUT2D eigenvalue weighted by Gasteiger charge is -2.16. The summed E-state index contributed by atoms with van der Waals surface area (Å²) in [5.41, 5.74) is 1.66. The number of benzene rings is 2. The Morgan fingerprint density at radius 1 is 1.04 bits per heavy atom. The fourth-order valence-electron chi connectivity index (χ4n) is 3.22. The Morgan fingerprint density at radius 2 is 1.75 bits per heavy atom. The van der Waals surface area contributed by atoms with Crippen molar-refractivity contribution in [1.82, 2.24) is 9.97 Å². The third kappa shape index (κ3) is 4.61. The number of quaternary nitrogens is 1. The summed E-state index contributed by atoms with van der Waals surface area (Å²) < 4.78 is 0. The second kappa shape index (κ2) is 9.23. The maximum Gasteiger partial charge on any atom is 0.269 e. The van der Waals surface area contributed by atoms with E-state index in [0.717, 1.165) is 54.9 Å². The molecule has 0 radical (unpaired) electrons. The molecule has 0 aliphatic rings. The number of nitro benzene ring substituents is 1. The molecular formula is C21H26N5O2+. The average Bonchev–Trinajstić information content (AvgIpc) is 2.73. The summed E-state index contributed by atoms with van der Waals surface area (Å²) in [5, 5.41) is 15.3. The topological polar surface area (TPSA) is 85.4 Å². The second-order valence-corrected chi connectivity index (χ2v) is 6.70. The highest BCUT2D eigenvalue weighted by Crippen LogP contribution is 2.26. The maximum atomic E-state index is 10.9. The summed E-state index contributed by atoms with van der Waals surface area (Å²) in [6.45, 7) is 8.65. The molecule has 2 N–H and O–H groups in total. The Morgan fingerprint density at radius 3 is 2.43 bits per heavy atom. The summed E-state index contributed by atoms with van der Waals surface area (Å²) >= 11 is 0. The van der Waals surface area contributed by atoms with Crippen LogP contribution in [-0.4, -0.2) is 41.1 Å². The molecule has 0 saturated carbocycles. The second-order valence-electron chi connectivity index (χ2n) is 6.70. The highest BCUT2D eigenvalue weighted by molar-refractivity contribution is 5.90. The summed E-state index contributed by atoms with van der Waals surface area (Å²) in [7, 11) is 0. The number of aromatic nitrogens is 2. The van der Waals surface area contributed by atoms with Crippen LogP contribution in [-0.2, 0) is 0 Å². The third-order valence-electron chi connectivity index (χ3n) is 4.94. The fourth-order valence-corrected chi connectivity index (χ4v) is 3.22. The molecule has 0 aliphatic heterocycles. The first-order valence-corrected chi connectivity index (χ1v) is 9.71. The monoisotopic (exact) mass is 380 g/mol. The largest absolute Gasteiger partial charge is 0.369 e. The molecule has 0 bridgehead atoms. The van der Waals surface area contributed by atoms with Crippen LogP contribution in [0.25, 0.3) is 22.3 Å². The van der Waals surface area contributed by atoms with Crippen molar-refractivity contribution in [3.05, 3.63) is 58.6 Å². The van der Waals surface area contributed by atoms with Crippen molar-refractivity contribution in [2.45, 2.75) is 20.3 Å². The van der Waals surface area contributed by atoms with Crippen LogP contribution in [0.15, 0.2) is 48.5 Å². The minimum Gasteiger partial charge on any atom is -0.369 e. The average molecular weight is 380 g/mol. The number of anilines is 1. The van der Waals surface area contributed by atoms with Crippen molar-refractivity contribution >= 4 is 22.4 Å². The SMILES string of the molecule is CC[NH+](CC)CCCNc1nc(-c2ccc([N+](=O)[O-])cc2)nc2ccccc12. The smallest absolute Gasteiger partial charge is 0.269 e. The Labute approximate surface area is 164 Å². The highest BCUT2D eigenvalue weighted by Gasteiger charge is 2.11. The van der Waals surface area contributed by atoms with Crippen LogP contribution < -0.4 is 10.2 Å². The van der Waals surface area contributed by atoms with Crippen molar-refractivity contribution in [2.24, 2.45) is 0 Å². The minimum atomic E-state index is -0.407. The Balaban J connectivity index is 1.84. The summed E-state index contributed by atoms with van der Waals surface area (Å²) in [6.07, 6.45) is 1.06. The zero-order chi connectivity index (χ0) is 19.9. The number of hydrogen-bond acceptors (Lipinski definition) is 5. The number of nitrogens with zero attached hydrogens (tertiary/aromatic N) is 3. The van der Waals surface area contributed by atoms with E-state index in [4.69, 9.17) is 4.98 Å². The molecule has 1 heterocycles. The van der Waals surface area contributed by atoms with Gasteiger partial charge in [-0.1, -0.05) is 12.1 Å². The van der Waals surface area contributed by atoms with Crippen molar-refractivity contribution in [2.75, 3.05) is 31.5 Å². The molecule has 0 atom stereocenters. The van der Waals surface area contributed by atoms with E-state index in [0.29, 0.717) is 5.82 Å². The summed E-state index contributed by atoms with van der Waals surface area (Å²) in [4.78, 5) is 21.4. The zero-order valence-corrected chi connectivity index (χ0v) is 16.3. The molecule has 0 aliphatic carbocycles. The number of non-ortho nitro benzene ring substituents is 1. The molecular weight excluding hydrogens is 354 g/mol. The molecule has 0 spiro atoms. The van der Waals surface area contributed by atoms with E-state index in [-0.39, 0.29) is 5.69 Å². The first-order chi connectivity index (χ1) is 13.6. The van der Waals surface area contributed by atoms with Gasteiger partial charge in [0.25, 0.3) is 5.69 Å². The van der Waals surface area contributed by atoms with Gasteiger partial charge in [-0.15, -0.1) is 0 Å². The van der Waals surface area contributed by atoms with E-state index in [1.165, 1.54) is 12.1 Å². The Kier molecular flexibility index (Phi) is 6.49. The third-order valence-corrected chi connectivity index (χ3v) is 4.94. The van der Waals surface area contributed by atoms with E-state index in [9.17, 15) is 10.1 Å². The predicted molar refractivity (Wildman–Crippen MR) is 112 cm³/mol. The quantitative estimate of drug-likeness (QED) is 0.339. The Hall–Kier alpha value is -3.06. The van der Waals surface area contributed by atoms with Gasteiger partial charge in [0.1, 0.15) is 5.82 Å². The maximum absolute atomic E-state index is 10.9. The van der Waals surface area contributed by atoms with Gasteiger partial charge in [-0.25, -0.2) is 9.97 Å². The standard InChI is InChI=1S/C21H25N5O2/c1-3-25(4-2)15-7-14-22-21-18-8-5-6-9-19(18)23-20(24-21)16-10-12-17(13-11-16)26(27)28/h5-6,8-13H,3-4,7,14-15H2,1-2H3,(H,22,23,24)/p+1. The lowest BCUT2D eigenvalue weighted by molar-refractivity contribution is -0.896.